The van der Waals surface area contributed by atoms with E-state index < -0.39 is 20.7 Å². The van der Waals surface area contributed by atoms with Gasteiger partial charge in [-0.1, -0.05) is 44.2 Å². The van der Waals surface area contributed by atoms with Gasteiger partial charge in [-0.15, -0.1) is 0 Å². The molecule has 0 heterocycles. The molecule has 0 aromatic heterocycles. The van der Waals surface area contributed by atoms with Crippen molar-refractivity contribution in [3.8, 4) is 0 Å². The van der Waals surface area contributed by atoms with Crippen LogP contribution in [0.5, 0.6) is 0 Å². The van der Waals surface area contributed by atoms with Crippen molar-refractivity contribution in [1.29, 1.82) is 0 Å². The predicted octanol–water partition coefficient (Wildman–Crippen LogP) is 3.71. The maximum atomic E-state index is 12.8. The van der Waals surface area contributed by atoms with Gasteiger partial charge in [0, 0.05) is 11.9 Å². The zero-order valence-electron chi connectivity index (χ0n) is 14.4. The normalized spacial score (nSPS) is 12.1. The van der Waals surface area contributed by atoms with Gasteiger partial charge in [0.05, 0.1) is 12.0 Å². The molecule has 1 N–H and O–H groups in total. The van der Waals surface area contributed by atoms with E-state index in [2.05, 4.69) is 10.1 Å². The second kappa shape index (κ2) is 7.98. The van der Waals surface area contributed by atoms with E-state index in [-0.39, 0.29) is 10.8 Å². The Kier molecular flexibility index (Phi) is 5.98. The Hall–Kier alpha value is -2.60. The van der Waals surface area contributed by atoms with E-state index in [0.29, 0.717) is 5.69 Å². The molecule has 2 aromatic rings. The van der Waals surface area contributed by atoms with Crippen LogP contribution in [0.1, 0.15) is 25.3 Å². The molecule has 0 unspecified atom stereocenters. The maximum absolute atomic E-state index is 12.8. The second-order valence-corrected chi connectivity index (χ2v) is 7.66. The summed E-state index contributed by atoms with van der Waals surface area (Å²) in [5.74, 6) is -0.636. The molecule has 2 aromatic carbocycles. The Morgan fingerprint density at radius 3 is 2.16 bits per heavy atom. The lowest BCUT2D eigenvalue weighted by Gasteiger charge is -2.10. The van der Waals surface area contributed by atoms with Gasteiger partial charge in [0.2, 0.25) is 9.84 Å². The zero-order chi connectivity index (χ0) is 18.4. The van der Waals surface area contributed by atoms with Gasteiger partial charge in [0.15, 0.2) is 4.91 Å². The van der Waals surface area contributed by atoms with Crippen LogP contribution in [0, 0.1) is 0 Å². The summed E-state index contributed by atoms with van der Waals surface area (Å²) in [7, 11) is -2.85. The number of anilines is 1. The molecule has 2 rings (SSSR count). The minimum Gasteiger partial charge on any atom is -0.465 e. The topological polar surface area (TPSA) is 72.5 Å². The van der Waals surface area contributed by atoms with Crippen LogP contribution in [0.15, 0.2) is 70.6 Å². The van der Waals surface area contributed by atoms with Crippen molar-refractivity contribution in [2.24, 2.45) is 0 Å². The molecule has 0 saturated carbocycles. The van der Waals surface area contributed by atoms with Crippen molar-refractivity contribution < 1.29 is 17.9 Å². The molecule has 0 amide bonds. The standard InChI is InChI=1S/C19H21NO4S/c1-14(2)15-9-11-17(12-10-15)25(22,23)18(19(21)24-3)13-20-16-7-5-4-6-8-16/h4-14,20H,1-3H3. The molecule has 0 bridgehead atoms. The fourth-order valence-electron chi connectivity index (χ4n) is 2.19. The minimum absolute atomic E-state index is 0.0448. The van der Waals surface area contributed by atoms with Crippen LogP contribution in [0.3, 0.4) is 0 Å². The summed E-state index contributed by atoms with van der Waals surface area (Å²) in [5, 5.41) is 2.82. The Morgan fingerprint density at radius 2 is 1.64 bits per heavy atom. The zero-order valence-corrected chi connectivity index (χ0v) is 15.2. The van der Waals surface area contributed by atoms with E-state index in [1.807, 2.05) is 19.9 Å². The number of ether oxygens (including phenoxy) is 1. The van der Waals surface area contributed by atoms with Gasteiger partial charge in [-0.05, 0) is 35.7 Å². The van der Waals surface area contributed by atoms with Gasteiger partial charge in [0.25, 0.3) is 0 Å². The molecular formula is C19H21NO4S. The van der Waals surface area contributed by atoms with Crippen molar-refractivity contribution in [2.45, 2.75) is 24.7 Å². The van der Waals surface area contributed by atoms with Crippen LogP contribution in [-0.4, -0.2) is 21.5 Å². The first-order chi connectivity index (χ1) is 11.9. The smallest absolute Gasteiger partial charge is 0.351 e. The molecule has 6 heteroatoms. The van der Waals surface area contributed by atoms with Crippen LogP contribution in [0.25, 0.3) is 0 Å². The summed E-state index contributed by atoms with van der Waals surface area (Å²) >= 11 is 0. The summed E-state index contributed by atoms with van der Waals surface area (Å²) in [6, 6.07) is 15.5. The van der Waals surface area contributed by atoms with Crippen molar-refractivity contribution >= 4 is 21.5 Å². The molecule has 0 radical (unpaired) electrons. The highest BCUT2D eigenvalue weighted by Crippen LogP contribution is 2.23. The van der Waals surface area contributed by atoms with Crippen LogP contribution < -0.4 is 5.32 Å². The third kappa shape index (κ3) is 4.48. The van der Waals surface area contributed by atoms with Crippen molar-refractivity contribution in [1.82, 2.24) is 0 Å². The highest BCUT2D eigenvalue weighted by molar-refractivity contribution is 7.96. The Bertz CT molecular complexity index is 854. The molecule has 0 aliphatic carbocycles. The highest BCUT2D eigenvalue weighted by Gasteiger charge is 2.28. The molecule has 132 valence electrons. The average molecular weight is 359 g/mol. The van der Waals surface area contributed by atoms with E-state index in [9.17, 15) is 13.2 Å². The Morgan fingerprint density at radius 1 is 1.04 bits per heavy atom. The lowest BCUT2D eigenvalue weighted by Crippen LogP contribution is -2.17. The first kappa shape index (κ1) is 18.7. The number of hydrogen-bond donors (Lipinski definition) is 1. The number of carbonyl (C=O) groups excluding carboxylic acids is 1. The summed E-state index contributed by atoms with van der Waals surface area (Å²) in [4.78, 5) is 11.6. The lowest BCUT2D eigenvalue weighted by molar-refractivity contribution is -0.135. The largest absolute Gasteiger partial charge is 0.465 e. The predicted molar refractivity (Wildman–Crippen MR) is 97.9 cm³/mol. The van der Waals surface area contributed by atoms with Crippen LogP contribution in [0.4, 0.5) is 5.69 Å². The number of para-hydroxylation sites is 1. The molecule has 0 fully saturated rings. The first-order valence-corrected chi connectivity index (χ1v) is 9.29. The molecule has 0 aliphatic heterocycles. The number of esters is 1. The van der Waals surface area contributed by atoms with Gasteiger partial charge in [0.1, 0.15) is 0 Å². The highest BCUT2D eigenvalue weighted by atomic mass is 32.2. The number of methoxy groups -OCH3 is 1. The molecular weight excluding hydrogens is 338 g/mol. The fourth-order valence-corrected chi connectivity index (χ4v) is 3.45. The van der Waals surface area contributed by atoms with E-state index in [0.717, 1.165) is 18.9 Å². The monoisotopic (exact) mass is 359 g/mol. The van der Waals surface area contributed by atoms with E-state index in [1.165, 1.54) is 12.1 Å². The van der Waals surface area contributed by atoms with Crippen LogP contribution in [0.2, 0.25) is 0 Å². The Labute approximate surface area is 148 Å². The van der Waals surface area contributed by atoms with Crippen LogP contribution in [-0.2, 0) is 19.4 Å². The number of hydrogen-bond acceptors (Lipinski definition) is 5. The lowest BCUT2D eigenvalue weighted by atomic mass is 10.0. The van der Waals surface area contributed by atoms with E-state index in [1.54, 1.807) is 36.4 Å². The summed E-state index contributed by atoms with van der Waals surface area (Å²) in [6.45, 7) is 4.04. The van der Waals surface area contributed by atoms with Crippen LogP contribution >= 0.6 is 0 Å². The van der Waals surface area contributed by atoms with Crippen molar-refractivity contribution in [2.75, 3.05) is 12.4 Å². The first-order valence-electron chi connectivity index (χ1n) is 7.81. The average Bonchev–Trinajstić information content (AvgIpc) is 2.62. The third-order valence-electron chi connectivity index (χ3n) is 3.68. The van der Waals surface area contributed by atoms with Gasteiger partial charge in [-0.3, -0.25) is 0 Å². The summed E-state index contributed by atoms with van der Waals surface area (Å²) in [5.41, 5.74) is 1.68. The molecule has 0 saturated heterocycles. The number of rotatable bonds is 6. The molecule has 0 spiro atoms. The number of sulfone groups is 1. The minimum atomic E-state index is -4.00. The Balaban J connectivity index is 2.40. The van der Waals surface area contributed by atoms with E-state index >= 15 is 0 Å². The van der Waals surface area contributed by atoms with Gasteiger partial charge in [-0.2, -0.15) is 0 Å². The third-order valence-corrected chi connectivity index (χ3v) is 5.43. The fraction of sp³-hybridized carbons (Fsp3) is 0.211. The molecule has 0 atom stereocenters. The van der Waals surface area contributed by atoms with Crippen molar-refractivity contribution in [3.63, 3.8) is 0 Å². The maximum Gasteiger partial charge on any atom is 0.351 e. The molecule has 0 aliphatic rings. The quantitative estimate of drug-likeness (QED) is 0.629. The van der Waals surface area contributed by atoms with Gasteiger partial charge >= 0.3 is 5.97 Å². The summed E-state index contributed by atoms with van der Waals surface area (Å²) < 4.78 is 30.3. The molecule has 25 heavy (non-hydrogen) atoms. The number of carbonyl (C=O) groups is 1. The second-order valence-electron chi connectivity index (χ2n) is 5.74. The number of nitrogens with one attached hydrogen (secondary N) is 1. The van der Waals surface area contributed by atoms with E-state index in [4.69, 9.17) is 0 Å². The molecule has 5 nitrogen and oxygen atoms in total. The SMILES string of the molecule is COC(=O)C(=CNc1ccccc1)S(=O)(=O)c1ccc(C(C)C)cc1. The van der Waals surface area contributed by atoms with Gasteiger partial charge in [-0.25, -0.2) is 13.2 Å². The number of benzene rings is 2. The van der Waals surface area contributed by atoms with Gasteiger partial charge < -0.3 is 10.1 Å². The van der Waals surface area contributed by atoms with Crippen molar-refractivity contribution in [3.05, 3.63) is 71.3 Å². The summed E-state index contributed by atoms with van der Waals surface area (Å²) in [6.07, 6.45) is 1.16.